The first-order chi connectivity index (χ1) is 10.4. The molecule has 0 bridgehead atoms. The number of hydrogen-bond acceptors (Lipinski definition) is 4. The van der Waals surface area contributed by atoms with E-state index in [1.54, 1.807) is 13.8 Å². The van der Waals surface area contributed by atoms with Crippen LogP contribution < -0.4 is 5.32 Å². The molecule has 1 rings (SSSR count). The van der Waals surface area contributed by atoms with Crippen LogP contribution >= 0.6 is 0 Å². The minimum Gasteiger partial charge on any atom is -0.487 e. The highest BCUT2D eigenvalue weighted by atomic mass is 16.5. The normalized spacial score (nSPS) is 16.8. The van der Waals surface area contributed by atoms with Crippen molar-refractivity contribution in [2.75, 3.05) is 13.2 Å². The van der Waals surface area contributed by atoms with Crippen molar-refractivity contribution in [2.24, 2.45) is 0 Å². The Balaban J connectivity index is 2.96. The van der Waals surface area contributed by atoms with Gasteiger partial charge in [0.05, 0.1) is 13.0 Å². The zero-order valence-electron chi connectivity index (χ0n) is 12.8. The van der Waals surface area contributed by atoms with Crippen LogP contribution in [0, 0.1) is 0 Å². The van der Waals surface area contributed by atoms with Crippen molar-refractivity contribution in [1.29, 1.82) is 0 Å². The third kappa shape index (κ3) is 4.03. The van der Waals surface area contributed by atoms with Crippen LogP contribution in [0.3, 0.4) is 0 Å². The first-order valence-corrected chi connectivity index (χ1v) is 6.83. The molecule has 8 heteroatoms. The minimum atomic E-state index is -1.82. The summed E-state index contributed by atoms with van der Waals surface area (Å²) in [4.78, 5) is 26.6. The van der Waals surface area contributed by atoms with Gasteiger partial charge in [0.25, 0.3) is 5.91 Å². The van der Waals surface area contributed by atoms with Crippen LogP contribution in [0.15, 0.2) is 23.5 Å². The Morgan fingerprint density at radius 3 is 2.64 bits per heavy atom. The SMILES string of the molecule is CCOC1=CC(C(=O)NC(C)(OCC)C(=O)O)=CCC1=[N+]=[N-]. The molecule has 22 heavy (non-hydrogen) atoms. The molecule has 0 fully saturated rings. The number of hydrogen-bond donors (Lipinski definition) is 2. The maximum Gasteiger partial charge on any atom is 0.357 e. The zero-order chi connectivity index (χ0) is 16.8. The van der Waals surface area contributed by atoms with E-state index in [4.69, 9.17) is 15.0 Å². The van der Waals surface area contributed by atoms with Gasteiger partial charge in [0.1, 0.15) is 0 Å². The van der Waals surface area contributed by atoms with Gasteiger partial charge >= 0.3 is 11.7 Å². The van der Waals surface area contributed by atoms with Crippen LogP contribution in [0.25, 0.3) is 5.53 Å². The zero-order valence-corrected chi connectivity index (χ0v) is 12.8. The van der Waals surface area contributed by atoms with Crippen molar-refractivity contribution >= 4 is 17.6 Å². The van der Waals surface area contributed by atoms with Crippen LogP contribution in [0.2, 0.25) is 0 Å². The van der Waals surface area contributed by atoms with E-state index in [1.165, 1.54) is 19.1 Å². The molecule has 0 heterocycles. The second-order valence-electron chi connectivity index (χ2n) is 4.58. The molecule has 0 saturated heterocycles. The largest absolute Gasteiger partial charge is 0.487 e. The summed E-state index contributed by atoms with van der Waals surface area (Å²) in [6, 6.07) is 0. The van der Waals surface area contributed by atoms with Gasteiger partial charge in [-0.25, -0.2) is 4.79 Å². The van der Waals surface area contributed by atoms with E-state index in [9.17, 15) is 14.7 Å². The van der Waals surface area contributed by atoms with E-state index in [0.717, 1.165) is 0 Å². The van der Waals surface area contributed by atoms with Gasteiger partial charge in [-0.2, -0.15) is 4.79 Å². The van der Waals surface area contributed by atoms with Crippen molar-refractivity contribution in [3.63, 3.8) is 0 Å². The van der Waals surface area contributed by atoms with Crippen LogP contribution in [-0.4, -0.2) is 46.4 Å². The van der Waals surface area contributed by atoms with Gasteiger partial charge in [0.2, 0.25) is 11.5 Å². The molecule has 0 aromatic rings. The molecule has 2 N–H and O–H groups in total. The van der Waals surface area contributed by atoms with Crippen molar-refractivity contribution in [1.82, 2.24) is 5.32 Å². The monoisotopic (exact) mass is 309 g/mol. The summed E-state index contributed by atoms with van der Waals surface area (Å²) in [5.74, 6) is -1.65. The Hall–Kier alpha value is -2.44. The molecule has 0 saturated carbocycles. The van der Waals surface area contributed by atoms with Crippen molar-refractivity contribution < 1.29 is 29.0 Å². The second-order valence-corrected chi connectivity index (χ2v) is 4.58. The predicted octanol–water partition coefficient (Wildman–Crippen LogP) is 0.861. The Bertz CT molecular complexity index is 575. The number of carbonyl (C=O) groups excluding carboxylic acids is 1. The van der Waals surface area contributed by atoms with Gasteiger partial charge in [0.15, 0.2) is 0 Å². The van der Waals surface area contributed by atoms with Gasteiger partial charge < -0.3 is 25.4 Å². The number of carbonyl (C=O) groups is 2. The lowest BCUT2D eigenvalue weighted by atomic mass is 10.0. The number of nitrogens with zero attached hydrogens (tertiary/aromatic N) is 2. The molecule has 0 aromatic heterocycles. The Labute approximate surface area is 128 Å². The van der Waals surface area contributed by atoms with Crippen molar-refractivity contribution in [3.8, 4) is 0 Å². The van der Waals surface area contributed by atoms with E-state index in [2.05, 4.69) is 10.1 Å². The second kappa shape index (κ2) is 7.53. The van der Waals surface area contributed by atoms with Crippen LogP contribution in [-0.2, 0) is 19.1 Å². The Morgan fingerprint density at radius 2 is 2.14 bits per heavy atom. The molecule has 0 aromatic carbocycles. The summed E-state index contributed by atoms with van der Waals surface area (Å²) in [6.07, 6.45) is 3.11. The molecule has 0 spiro atoms. The number of allylic oxidation sites excluding steroid dienone is 2. The summed E-state index contributed by atoms with van der Waals surface area (Å²) >= 11 is 0. The lowest BCUT2D eigenvalue weighted by Crippen LogP contribution is -2.54. The first-order valence-electron chi connectivity index (χ1n) is 6.83. The summed E-state index contributed by atoms with van der Waals surface area (Å²) < 4.78 is 10.4. The fourth-order valence-corrected chi connectivity index (χ4v) is 1.85. The van der Waals surface area contributed by atoms with Crippen molar-refractivity contribution in [2.45, 2.75) is 32.9 Å². The van der Waals surface area contributed by atoms with E-state index in [0.29, 0.717) is 12.3 Å². The highest BCUT2D eigenvalue weighted by molar-refractivity contribution is 6.05. The minimum absolute atomic E-state index is 0.128. The molecule has 1 aliphatic carbocycles. The van der Waals surface area contributed by atoms with Crippen LogP contribution in [0.1, 0.15) is 27.2 Å². The fourth-order valence-electron chi connectivity index (χ4n) is 1.85. The molecular formula is C14H19N3O5. The number of carboxylic acids is 1. The maximum atomic E-state index is 12.2. The van der Waals surface area contributed by atoms with Gasteiger partial charge in [-0.1, -0.05) is 6.08 Å². The van der Waals surface area contributed by atoms with Crippen LogP contribution in [0.5, 0.6) is 0 Å². The Kier molecular flexibility index (Phi) is 6.03. The summed E-state index contributed by atoms with van der Waals surface area (Å²) in [7, 11) is 0. The summed E-state index contributed by atoms with van der Waals surface area (Å²) in [5.41, 5.74) is 7.57. The highest BCUT2D eigenvalue weighted by Crippen LogP contribution is 2.17. The van der Waals surface area contributed by atoms with Crippen LogP contribution in [0.4, 0.5) is 0 Å². The molecule has 1 aliphatic rings. The number of ether oxygens (including phenoxy) is 2. The summed E-state index contributed by atoms with van der Waals surface area (Å²) in [5, 5.41) is 11.5. The number of rotatable bonds is 7. The van der Waals surface area contributed by atoms with E-state index in [1.807, 2.05) is 0 Å². The van der Waals surface area contributed by atoms with Gasteiger partial charge in [-0.05, 0) is 20.8 Å². The molecular weight excluding hydrogens is 290 g/mol. The third-order valence-corrected chi connectivity index (χ3v) is 2.96. The maximum absolute atomic E-state index is 12.2. The fraction of sp³-hybridized carbons (Fsp3) is 0.500. The van der Waals surface area contributed by atoms with Gasteiger partial charge in [0, 0.05) is 18.3 Å². The lowest BCUT2D eigenvalue weighted by Gasteiger charge is -2.26. The van der Waals surface area contributed by atoms with E-state index < -0.39 is 17.6 Å². The van der Waals surface area contributed by atoms with Gasteiger partial charge in [-0.3, -0.25) is 4.79 Å². The molecule has 0 aliphatic heterocycles. The number of aliphatic carboxylic acids is 1. The molecule has 1 atom stereocenters. The summed E-state index contributed by atoms with van der Waals surface area (Å²) in [6.45, 7) is 5.11. The average Bonchev–Trinajstić information content (AvgIpc) is 2.47. The highest BCUT2D eigenvalue weighted by Gasteiger charge is 2.37. The lowest BCUT2D eigenvalue weighted by molar-refractivity contribution is -0.170. The molecule has 0 radical (unpaired) electrons. The Morgan fingerprint density at radius 1 is 1.45 bits per heavy atom. The molecule has 1 unspecified atom stereocenters. The smallest absolute Gasteiger partial charge is 0.357 e. The molecule has 1 amide bonds. The van der Waals surface area contributed by atoms with Gasteiger partial charge in [-0.15, -0.1) is 0 Å². The standard InChI is InChI=1S/C14H19N3O5/c1-4-21-11-8-9(6-7-10(11)17-15)12(18)16-14(3,13(19)20)22-5-2/h6,8H,4-5,7H2,1-3H3,(H,16,18)(H,19,20). The molecule has 8 nitrogen and oxygen atoms in total. The number of nitrogens with one attached hydrogen (secondary N) is 1. The molecule has 120 valence electrons. The van der Waals surface area contributed by atoms with E-state index in [-0.39, 0.29) is 24.4 Å². The number of carboxylic acid groups (broad SMARTS) is 1. The first kappa shape index (κ1) is 17.6. The predicted molar refractivity (Wildman–Crippen MR) is 76.8 cm³/mol. The quantitative estimate of drug-likeness (QED) is 0.410. The van der Waals surface area contributed by atoms with E-state index >= 15 is 0 Å². The van der Waals surface area contributed by atoms with Crippen molar-refractivity contribution in [3.05, 3.63) is 29.0 Å². The topological polar surface area (TPSA) is 121 Å². The number of amides is 1. The average molecular weight is 309 g/mol. The third-order valence-electron chi connectivity index (χ3n) is 2.96.